The number of rotatable bonds is 11. The molecule has 1 fully saturated rings. The lowest BCUT2D eigenvalue weighted by atomic mass is 9.66. The molecule has 0 aliphatic heterocycles. The third-order valence-electron chi connectivity index (χ3n) is 6.43. The number of methoxy groups -OCH3 is 1. The average molecular weight is 554 g/mol. The summed E-state index contributed by atoms with van der Waals surface area (Å²) in [6, 6.07) is 11.6. The van der Waals surface area contributed by atoms with E-state index in [0.29, 0.717) is 12.1 Å². The Balaban J connectivity index is 1.65. The molecule has 2 aromatic carbocycles. The zero-order chi connectivity index (χ0) is 25.4. The molecule has 9 heteroatoms. The molecule has 0 bridgehead atoms. The lowest BCUT2D eigenvalue weighted by Gasteiger charge is -2.43. The van der Waals surface area contributed by atoms with Gasteiger partial charge in [0.05, 0.1) is 27.7 Å². The van der Waals surface area contributed by atoms with E-state index in [1.54, 1.807) is 30.3 Å². The van der Waals surface area contributed by atoms with Crippen LogP contribution < -0.4 is 10.6 Å². The highest BCUT2D eigenvalue weighted by atomic mass is 35.5. The zero-order valence-electron chi connectivity index (χ0n) is 19.9. The Morgan fingerprint density at radius 2 is 1.80 bits per heavy atom. The number of ether oxygens (including phenoxy) is 1. The molecule has 1 atom stereocenters. The van der Waals surface area contributed by atoms with Gasteiger partial charge in [0.25, 0.3) is 5.91 Å². The first-order valence-corrected chi connectivity index (χ1v) is 14.1. The molecule has 0 spiro atoms. The van der Waals surface area contributed by atoms with Gasteiger partial charge < -0.3 is 15.4 Å². The van der Waals surface area contributed by atoms with Crippen molar-refractivity contribution in [3.05, 3.63) is 63.6 Å². The lowest BCUT2D eigenvalue weighted by Crippen LogP contribution is -2.51. The van der Waals surface area contributed by atoms with Gasteiger partial charge in [-0.25, -0.2) is 4.79 Å². The van der Waals surface area contributed by atoms with Gasteiger partial charge in [-0.2, -0.15) is 11.8 Å². The number of esters is 1. The van der Waals surface area contributed by atoms with Crippen LogP contribution >= 0.6 is 47.2 Å². The first-order valence-electron chi connectivity index (χ1n) is 11.5. The van der Waals surface area contributed by atoms with E-state index in [9.17, 15) is 9.59 Å². The standard InChI is InChI=1S/C26H30Cl2N2O3S2/c1-33-24(32)21(30-25(34)26(12-4-13-26)14-5-15-35-2)16-17-8-10-18(11-9-17)29-23(31)22-19(27)6-3-7-20(22)28/h3,6-11,21H,4-5,12-16H2,1-2H3,(H,29,31)(H,30,34). The summed E-state index contributed by atoms with van der Waals surface area (Å²) >= 11 is 19.9. The molecule has 2 N–H and O–H groups in total. The van der Waals surface area contributed by atoms with Gasteiger partial charge in [-0.15, -0.1) is 0 Å². The monoisotopic (exact) mass is 552 g/mol. The van der Waals surface area contributed by atoms with E-state index in [-0.39, 0.29) is 32.9 Å². The Kier molecular flexibility index (Phi) is 10.3. The fourth-order valence-corrected chi connectivity index (χ4v) is 5.71. The second-order valence-corrected chi connectivity index (χ2v) is 10.9. The Morgan fingerprint density at radius 3 is 2.34 bits per heavy atom. The molecule has 1 aliphatic carbocycles. The quantitative estimate of drug-likeness (QED) is 0.187. The van der Waals surface area contributed by atoms with E-state index in [4.69, 9.17) is 40.2 Å². The summed E-state index contributed by atoms with van der Waals surface area (Å²) in [5.74, 6) is 0.368. The number of carbonyl (C=O) groups is 2. The topological polar surface area (TPSA) is 67.4 Å². The number of thiocarbonyl (C=S) groups is 1. The van der Waals surface area contributed by atoms with Crippen molar-refractivity contribution in [3.8, 4) is 0 Å². The fraction of sp³-hybridized carbons (Fsp3) is 0.423. The van der Waals surface area contributed by atoms with Gasteiger partial charge in [0.1, 0.15) is 6.04 Å². The van der Waals surface area contributed by atoms with Crippen molar-refractivity contribution < 1.29 is 14.3 Å². The van der Waals surface area contributed by atoms with E-state index in [1.807, 2.05) is 23.9 Å². The lowest BCUT2D eigenvalue weighted by molar-refractivity contribution is -0.142. The molecule has 0 heterocycles. The maximum absolute atomic E-state index is 12.6. The predicted molar refractivity (Wildman–Crippen MR) is 150 cm³/mol. The Labute approximate surface area is 226 Å². The Hall–Kier alpha value is -1.80. The van der Waals surface area contributed by atoms with E-state index in [1.165, 1.54) is 7.11 Å². The highest BCUT2D eigenvalue weighted by Crippen LogP contribution is 2.46. The SMILES string of the molecule is COC(=O)C(Cc1ccc(NC(=O)c2c(Cl)cccc2Cl)cc1)NC(=S)C1(CCCSC)CCC1. The van der Waals surface area contributed by atoms with Crippen LogP contribution in [0.4, 0.5) is 5.69 Å². The molecule has 1 saturated carbocycles. The van der Waals surface area contributed by atoms with Crippen LogP contribution in [0.2, 0.25) is 10.0 Å². The van der Waals surface area contributed by atoms with Crippen LogP contribution in [-0.4, -0.2) is 42.0 Å². The Morgan fingerprint density at radius 1 is 1.14 bits per heavy atom. The molecule has 0 saturated heterocycles. The molecule has 0 aromatic heterocycles. The zero-order valence-corrected chi connectivity index (χ0v) is 23.0. The summed E-state index contributed by atoms with van der Waals surface area (Å²) in [5, 5.41) is 6.70. The first-order chi connectivity index (χ1) is 16.8. The molecule has 3 rings (SSSR count). The molecule has 1 amide bonds. The Bertz CT molecular complexity index is 1040. The number of benzene rings is 2. The minimum Gasteiger partial charge on any atom is -0.467 e. The predicted octanol–water partition coefficient (Wildman–Crippen LogP) is 6.56. The van der Waals surface area contributed by atoms with Gasteiger partial charge in [-0.3, -0.25) is 4.79 Å². The van der Waals surface area contributed by atoms with Crippen LogP contribution in [-0.2, 0) is 16.0 Å². The summed E-state index contributed by atoms with van der Waals surface area (Å²) in [6.45, 7) is 0. The van der Waals surface area contributed by atoms with Crippen molar-refractivity contribution in [2.75, 3.05) is 24.4 Å². The highest BCUT2D eigenvalue weighted by Gasteiger charge is 2.41. The smallest absolute Gasteiger partial charge is 0.328 e. The van der Waals surface area contributed by atoms with E-state index < -0.39 is 6.04 Å². The molecule has 1 aliphatic rings. The van der Waals surface area contributed by atoms with Gasteiger partial charge in [-0.05, 0) is 67.5 Å². The van der Waals surface area contributed by atoms with Gasteiger partial charge >= 0.3 is 5.97 Å². The molecule has 35 heavy (non-hydrogen) atoms. The molecule has 5 nitrogen and oxygen atoms in total. The number of carbonyl (C=O) groups excluding carboxylic acids is 2. The summed E-state index contributed by atoms with van der Waals surface area (Å²) in [5.41, 5.74) is 1.72. The second-order valence-electron chi connectivity index (χ2n) is 8.73. The van der Waals surface area contributed by atoms with Crippen LogP contribution in [0, 0.1) is 5.41 Å². The second kappa shape index (κ2) is 12.9. The molecular formula is C26H30Cl2N2O3S2. The summed E-state index contributed by atoms with van der Waals surface area (Å²) in [6.07, 6.45) is 7.96. The van der Waals surface area contributed by atoms with Gasteiger partial charge in [0.15, 0.2) is 0 Å². The molecule has 2 aromatic rings. The van der Waals surface area contributed by atoms with Crippen LogP contribution in [0.15, 0.2) is 42.5 Å². The summed E-state index contributed by atoms with van der Waals surface area (Å²) < 4.78 is 5.05. The van der Waals surface area contributed by atoms with Crippen molar-refractivity contribution >= 4 is 69.7 Å². The molecule has 1 unspecified atom stereocenters. The number of hydrogen-bond acceptors (Lipinski definition) is 5. The van der Waals surface area contributed by atoms with E-state index in [2.05, 4.69) is 16.9 Å². The number of amides is 1. The third-order valence-corrected chi connectivity index (χ3v) is 8.31. The normalized spacial score (nSPS) is 15.0. The van der Waals surface area contributed by atoms with Crippen LogP contribution in [0.25, 0.3) is 0 Å². The largest absolute Gasteiger partial charge is 0.467 e. The molecule has 188 valence electrons. The number of halogens is 2. The van der Waals surface area contributed by atoms with Crippen molar-refractivity contribution in [3.63, 3.8) is 0 Å². The van der Waals surface area contributed by atoms with Crippen molar-refractivity contribution in [2.45, 2.75) is 44.6 Å². The summed E-state index contributed by atoms with van der Waals surface area (Å²) in [7, 11) is 1.39. The summed E-state index contributed by atoms with van der Waals surface area (Å²) in [4.78, 5) is 25.9. The van der Waals surface area contributed by atoms with E-state index in [0.717, 1.165) is 48.4 Å². The minimum absolute atomic E-state index is 0.00847. The number of hydrogen-bond donors (Lipinski definition) is 2. The number of nitrogens with one attached hydrogen (secondary N) is 2. The highest BCUT2D eigenvalue weighted by molar-refractivity contribution is 7.98. The van der Waals surface area contributed by atoms with Crippen molar-refractivity contribution in [1.29, 1.82) is 0 Å². The number of thioether (sulfide) groups is 1. The maximum atomic E-state index is 12.6. The maximum Gasteiger partial charge on any atom is 0.328 e. The van der Waals surface area contributed by atoms with Gasteiger partial charge in [0.2, 0.25) is 0 Å². The van der Waals surface area contributed by atoms with Crippen LogP contribution in [0.3, 0.4) is 0 Å². The van der Waals surface area contributed by atoms with Crippen molar-refractivity contribution in [2.24, 2.45) is 5.41 Å². The van der Waals surface area contributed by atoms with Gasteiger partial charge in [-0.1, -0.05) is 60.0 Å². The minimum atomic E-state index is -0.576. The van der Waals surface area contributed by atoms with Crippen LogP contribution in [0.1, 0.15) is 48.0 Å². The molecule has 0 radical (unpaired) electrons. The fourth-order valence-electron chi connectivity index (χ4n) is 4.26. The third kappa shape index (κ3) is 7.13. The van der Waals surface area contributed by atoms with E-state index >= 15 is 0 Å². The van der Waals surface area contributed by atoms with Crippen LogP contribution in [0.5, 0.6) is 0 Å². The molecular weight excluding hydrogens is 523 g/mol. The van der Waals surface area contributed by atoms with Crippen molar-refractivity contribution in [1.82, 2.24) is 5.32 Å². The van der Waals surface area contributed by atoms with Gasteiger partial charge in [0, 0.05) is 17.5 Å². The first kappa shape index (κ1) is 27.8. The average Bonchev–Trinajstić information content (AvgIpc) is 2.80. The number of anilines is 1.